The number of anilines is 1. The number of methoxy groups -OCH3 is 1. The van der Waals surface area contributed by atoms with Crippen molar-refractivity contribution in [3.63, 3.8) is 0 Å². The molecule has 174 valence electrons. The Kier molecular flexibility index (Phi) is 6.46. The second-order valence-corrected chi connectivity index (χ2v) is 8.22. The first kappa shape index (κ1) is 22.9. The van der Waals surface area contributed by atoms with Crippen LogP contribution in [-0.4, -0.2) is 41.7 Å². The molecule has 3 atom stereocenters. The second kappa shape index (κ2) is 9.30. The molecule has 1 saturated carbocycles. The van der Waals surface area contributed by atoms with Crippen LogP contribution in [-0.2, 0) is 22.6 Å². The highest BCUT2D eigenvalue weighted by atomic mass is 19.1. The first-order valence-corrected chi connectivity index (χ1v) is 10.5. The van der Waals surface area contributed by atoms with Gasteiger partial charge in [-0.3, -0.25) is 10.0 Å². The topological polar surface area (TPSA) is 113 Å². The molecule has 1 fully saturated rings. The number of nitrogens with one attached hydrogen (secondary N) is 2. The van der Waals surface area contributed by atoms with E-state index in [2.05, 4.69) is 10.3 Å². The van der Waals surface area contributed by atoms with E-state index >= 15 is 0 Å². The number of para-hydroxylation sites is 1. The third-order valence-electron chi connectivity index (χ3n) is 6.23. The zero-order chi connectivity index (χ0) is 23.6. The Morgan fingerprint density at radius 3 is 2.79 bits per heavy atom. The van der Waals surface area contributed by atoms with Gasteiger partial charge >= 0.3 is 0 Å². The van der Waals surface area contributed by atoms with E-state index in [1.54, 1.807) is 18.6 Å². The Balaban J connectivity index is 1.51. The van der Waals surface area contributed by atoms with Crippen LogP contribution in [0.3, 0.4) is 0 Å². The molecule has 1 unspecified atom stereocenters. The summed E-state index contributed by atoms with van der Waals surface area (Å²) in [6.45, 7) is 0.152. The molecule has 33 heavy (non-hydrogen) atoms. The maximum absolute atomic E-state index is 14.8. The summed E-state index contributed by atoms with van der Waals surface area (Å²) in [5.74, 6) is -0.996. The molecule has 0 spiro atoms. The zero-order valence-corrected chi connectivity index (χ0v) is 18.3. The Labute approximate surface area is 190 Å². The molecule has 0 saturated heterocycles. The Hall–Kier alpha value is -3.27. The van der Waals surface area contributed by atoms with E-state index in [1.807, 2.05) is 30.3 Å². The molecule has 0 bridgehead atoms. The lowest BCUT2D eigenvalue weighted by Gasteiger charge is -2.22. The van der Waals surface area contributed by atoms with Gasteiger partial charge < -0.3 is 19.9 Å². The molecule has 1 aromatic heterocycles. The van der Waals surface area contributed by atoms with Gasteiger partial charge in [0.25, 0.3) is 0 Å². The van der Waals surface area contributed by atoms with Crippen LogP contribution < -0.4 is 15.5 Å². The van der Waals surface area contributed by atoms with Crippen molar-refractivity contribution in [2.24, 2.45) is 11.3 Å². The first-order valence-electron chi connectivity index (χ1n) is 10.5. The summed E-state index contributed by atoms with van der Waals surface area (Å²) in [5.41, 5.74) is 2.95. The summed E-state index contributed by atoms with van der Waals surface area (Å²) in [7, 11) is 3.11. The molecular weight excluding hydrogens is 429 g/mol. The number of carbonyl (C=O) groups is 1. The molecule has 1 heterocycles. The van der Waals surface area contributed by atoms with E-state index in [0.29, 0.717) is 17.8 Å². The third kappa shape index (κ3) is 4.47. The standard InChI is InChI=1S/C24H26FN3O5/c1-26-21-10-15(16-5-3-4-6-19(16)27-21)13-33-20-8-7-14(9-18(20)25)11-24(23(30)32-2)12-17(24)22(29)28-31/h3-10,17,23,30-31H,11-13H2,1-2H3,(H,26,27)(H,28,29)/t17-,23?,24+/m1/s1. The Morgan fingerprint density at radius 2 is 2.09 bits per heavy atom. The number of aliphatic hydroxyl groups is 1. The van der Waals surface area contributed by atoms with Crippen LogP contribution >= 0.6 is 0 Å². The minimum Gasteiger partial charge on any atom is -0.486 e. The van der Waals surface area contributed by atoms with Gasteiger partial charge in [-0.05, 0) is 42.7 Å². The van der Waals surface area contributed by atoms with Crippen molar-refractivity contribution in [2.45, 2.75) is 25.7 Å². The van der Waals surface area contributed by atoms with E-state index in [1.165, 1.54) is 19.2 Å². The van der Waals surface area contributed by atoms with E-state index in [0.717, 1.165) is 16.5 Å². The van der Waals surface area contributed by atoms with Gasteiger partial charge in [0.2, 0.25) is 5.91 Å². The molecular formula is C24H26FN3O5. The van der Waals surface area contributed by atoms with Gasteiger partial charge in [0.05, 0.1) is 11.4 Å². The fourth-order valence-electron chi connectivity index (χ4n) is 4.35. The van der Waals surface area contributed by atoms with Crippen LogP contribution in [0.25, 0.3) is 10.9 Å². The van der Waals surface area contributed by atoms with Gasteiger partial charge in [-0.25, -0.2) is 14.9 Å². The monoisotopic (exact) mass is 455 g/mol. The molecule has 2 aromatic carbocycles. The highest BCUT2D eigenvalue weighted by molar-refractivity contribution is 5.84. The van der Waals surface area contributed by atoms with Crippen LogP contribution in [0.5, 0.6) is 5.75 Å². The predicted octanol–water partition coefficient (Wildman–Crippen LogP) is 3.01. The predicted molar refractivity (Wildman–Crippen MR) is 119 cm³/mol. The number of hydroxylamine groups is 1. The summed E-state index contributed by atoms with van der Waals surface area (Å²) in [4.78, 5) is 16.4. The number of aromatic nitrogens is 1. The van der Waals surface area contributed by atoms with Crippen molar-refractivity contribution in [1.82, 2.24) is 10.5 Å². The van der Waals surface area contributed by atoms with Crippen LogP contribution in [0, 0.1) is 17.2 Å². The molecule has 0 radical (unpaired) electrons. The Morgan fingerprint density at radius 1 is 1.30 bits per heavy atom. The van der Waals surface area contributed by atoms with E-state index in [-0.39, 0.29) is 18.8 Å². The lowest BCUT2D eigenvalue weighted by atomic mass is 9.92. The number of aliphatic hydroxyl groups excluding tert-OH is 1. The van der Waals surface area contributed by atoms with Gasteiger partial charge in [-0.1, -0.05) is 24.3 Å². The molecule has 4 N–H and O–H groups in total. The fraction of sp³-hybridized carbons (Fsp3) is 0.333. The number of carbonyl (C=O) groups excluding carboxylic acids is 1. The largest absolute Gasteiger partial charge is 0.486 e. The maximum Gasteiger partial charge on any atom is 0.247 e. The minimum atomic E-state index is -1.22. The average Bonchev–Trinajstić information content (AvgIpc) is 3.57. The van der Waals surface area contributed by atoms with Gasteiger partial charge in [0.1, 0.15) is 12.4 Å². The van der Waals surface area contributed by atoms with Gasteiger partial charge in [0, 0.05) is 30.5 Å². The molecule has 8 nitrogen and oxygen atoms in total. The molecule has 9 heteroatoms. The number of rotatable bonds is 9. The summed E-state index contributed by atoms with van der Waals surface area (Å²) >= 11 is 0. The van der Waals surface area contributed by atoms with Crippen molar-refractivity contribution in [3.05, 3.63) is 65.5 Å². The van der Waals surface area contributed by atoms with Gasteiger partial charge in [0.15, 0.2) is 17.9 Å². The normalized spacial score (nSPS) is 20.3. The number of halogens is 1. The van der Waals surface area contributed by atoms with E-state index in [4.69, 9.17) is 14.7 Å². The summed E-state index contributed by atoms with van der Waals surface area (Å²) < 4.78 is 25.7. The molecule has 4 rings (SSSR count). The average molecular weight is 455 g/mol. The van der Waals surface area contributed by atoms with Crippen LogP contribution in [0.4, 0.5) is 10.2 Å². The third-order valence-corrected chi connectivity index (χ3v) is 6.23. The van der Waals surface area contributed by atoms with Crippen LogP contribution in [0.15, 0.2) is 48.5 Å². The van der Waals surface area contributed by atoms with Crippen molar-refractivity contribution < 1.29 is 29.0 Å². The fourth-order valence-corrected chi connectivity index (χ4v) is 4.35. The van der Waals surface area contributed by atoms with E-state index in [9.17, 15) is 14.3 Å². The lowest BCUT2D eigenvalue weighted by Crippen LogP contribution is -2.33. The SMILES string of the molecule is CNc1cc(COc2ccc(C[C@]3(C(O)OC)C[C@@H]3C(=O)NO)cc2F)c2ccccc2n1. The molecule has 1 amide bonds. The smallest absolute Gasteiger partial charge is 0.247 e. The van der Waals surface area contributed by atoms with Crippen molar-refractivity contribution in [1.29, 1.82) is 0 Å². The summed E-state index contributed by atoms with van der Waals surface area (Å²) in [5, 5.41) is 23.1. The zero-order valence-electron chi connectivity index (χ0n) is 18.3. The molecule has 1 aliphatic carbocycles. The van der Waals surface area contributed by atoms with Crippen molar-refractivity contribution >= 4 is 22.6 Å². The maximum atomic E-state index is 14.8. The van der Waals surface area contributed by atoms with Gasteiger partial charge in [-0.2, -0.15) is 0 Å². The first-order chi connectivity index (χ1) is 15.9. The van der Waals surface area contributed by atoms with Crippen molar-refractivity contribution in [2.75, 3.05) is 19.5 Å². The number of hydrogen-bond acceptors (Lipinski definition) is 7. The highest BCUT2D eigenvalue weighted by Crippen LogP contribution is 2.57. The van der Waals surface area contributed by atoms with Crippen LogP contribution in [0.1, 0.15) is 17.5 Å². The number of ether oxygens (including phenoxy) is 2. The summed E-state index contributed by atoms with van der Waals surface area (Å²) in [6.07, 6.45) is -0.699. The number of amides is 1. The molecule has 1 aliphatic rings. The Bertz CT molecular complexity index is 1170. The molecule has 3 aromatic rings. The van der Waals surface area contributed by atoms with Gasteiger partial charge in [-0.15, -0.1) is 0 Å². The summed E-state index contributed by atoms with van der Waals surface area (Å²) in [6, 6.07) is 14.1. The second-order valence-electron chi connectivity index (χ2n) is 8.22. The quantitative estimate of drug-likeness (QED) is 0.223. The highest BCUT2D eigenvalue weighted by Gasteiger charge is 2.62. The number of nitrogens with zero attached hydrogens (tertiary/aromatic N) is 1. The lowest BCUT2D eigenvalue weighted by molar-refractivity contribution is -0.144. The van der Waals surface area contributed by atoms with Crippen LogP contribution in [0.2, 0.25) is 0 Å². The number of hydrogen-bond donors (Lipinski definition) is 4. The number of pyridine rings is 1. The minimum absolute atomic E-state index is 0.0902. The molecule has 0 aliphatic heterocycles. The number of benzene rings is 2. The van der Waals surface area contributed by atoms with E-state index < -0.39 is 29.3 Å². The van der Waals surface area contributed by atoms with Crippen molar-refractivity contribution in [3.8, 4) is 5.75 Å². The number of fused-ring (bicyclic) bond motifs is 1.